The summed E-state index contributed by atoms with van der Waals surface area (Å²) >= 11 is 0. The van der Waals surface area contributed by atoms with E-state index in [-0.39, 0.29) is 0 Å². The Balaban J connectivity index is 4.25. The second-order valence-corrected chi connectivity index (χ2v) is 1.99. The van der Waals surface area contributed by atoms with Gasteiger partial charge in [-0.2, -0.15) is 0 Å². The second-order valence-electron chi connectivity index (χ2n) is 1.99. The Kier molecular flexibility index (Phi) is 3.49. The Morgan fingerprint density at radius 2 is 1.73 bits per heavy atom. The Labute approximate surface area is 61.9 Å². The van der Waals surface area contributed by atoms with Crippen molar-refractivity contribution in [2.45, 2.75) is 13.0 Å². The van der Waals surface area contributed by atoms with Gasteiger partial charge in [0.05, 0.1) is 5.92 Å². The van der Waals surface area contributed by atoms with E-state index in [0.29, 0.717) is 0 Å². The fraction of sp³-hybridized carbons (Fsp3) is 0.600. The summed E-state index contributed by atoms with van der Waals surface area (Å²) in [6.45, 7) is 1.12. The lowest BCUT2D eigenvalue weighted by Gasteiger charge is -2.11. The number of carboxylic acids is 2. The zero-order valence-corrected chi connectivity index (χ0v) is 5.72. The average molecular weight is 164 g/mol. The van der Waals surface area contributed by atoms with Gasteiger partial charge in [-0.15, -0.1) is 0 Å². The summed E-state index contributed by atoms with van der Waals surface area (Å²) in [6.07, 6.45) is -1.72. The SMILES string of the molecule is CC(C(=O)O)C(OO)C(=O)O. The molecule has 0 fully saturated rings. The van der Waals surface area contributed by atoms with E-state index in [1.54, 1.807) is 0 Å². The van der Waals surface area contributed by atoms with Crippen molar-refractivity contribution >= 4 is 11.9 Å². The summed E-state index contributed by atoms with van der Waals surface area (Å²) in [5.41, 5.74) is 0. The van der Waals surface area contributed by atoms with E-state index in [2.05, 4.69) is 4.89 Å². The molecule has 6 nitrogen and oxygen atoms in total. The molecule has 2 unspecified atom stereocenters. The van der Waals surface area contributed by atoms with E-state index in [9.17, 15) is 9.59 Å². The van der Waals surface area contributed by atoms with E-state index in [1.165, 1.54) is 0 Å². The molecule has 11 heavy (non-hydrogen) atoms. The minimum atomic E-state index is -1.72. The summed E-state index contributed by atoms with van der Waals surface area (Å²) in [5.74, 6) is -4.13. The highest BCUT2D eigenvalue weighted by Crippen LogP contribution is 2.06. The molecule has 2 atom stereocenters. The first-order chi connectivity index (χ1) is 5.00. The molecular formula is C5H8O6. The van der Waals surface area contributed by atoms with Crippen LogP contribution in [0.1, 0.15) is 6.92 Å². The van der Waals surface area contributed by atoms with Crippen molar-refractivity contribution in [1.82, 2.24) is 0 Å². The van der Waals surface area contributed by atoms with Crippen LogP contribution in [0.3, 0.4) is 0 Å². The molecule has 0 spiro atoms. The largest absolute Gasteiger partial charge is 0.481 e. The molecule has 6 heteroatoms. The fourth-order valence-electron chi connectivity index (χ4n) is 0.480. The summed E-state index contributed by atoms with van der Waals surface area (Å²) in [4.78, 5) is 23.7. The molecule has 0 heterocycles. The van der Waals surface area contributed by atoms with Crippen LogP contribution in [0.15, 0.2) is 0 Å². The molecule has 3 N–H and O–H groups in total. The van der Waals surface area contributed by atoms with Gasteiger partial charge in [0.2, 0.25) is 6.10 Å². The van der Waals surface area contributed by atoms with Gasteiger partial charge in [0.15, 0.2) is 0 Å². The van der Waals surface area contributed by atoms with Crippen molar-refractivity contribution < 1.29 is 29.9 Å². The van der Waals surface area contributed by atoms with Crippen molar-refractivity contribution in [2.75, 3.05) is 0 Å². The van der Waals surface area contributed by atoms with Gasteiger partial charge in [-0.05, 0) is 6.92 Å². The summed E-state index contributed by atoms with van der Waals surface area (Å²) in [7, 11) is 0. The average Bonchev–Trinajstić information content (AvgIpc) is 1.88. The molecule has 0 aromatic rings. The predicted octanol–water partition coefficient (Wildman–Crippen LogP) is -0.350. The van der Waals surface area contributed by atoms with E-state index >= 15 is 0 Å². The van der Waals surface area contributed by atoms with E-state index in [4.69, 9.17) is 15.5 Å². The number of rotatable bonds is 4. The first-order valence-corrected chi connectivity index (χ1v) is 2.76. The lowest BCUT2D eigenvalue weighted by Crippen LogP contribution is -2.34. The van der Waals surface area contributed by atoms with Gasteiger partial charge in [-0.3, -0.25) is 10.1 Å². The summed E-state index contributed by atoms with van der Waals surface area (Å²) in [6, 6.07) is 0. The van der Waals surface area contributed by atoms with Crippen LogP contribution < -0.4 is 0 Å². The predicted molar refractivity (Wildman–Crippen MR) is 31.9 cm³/mol. The molecule has 0 aliphatic carbocycles. The van der Waals surface area contributed by atoms with Gasteiger partial charge in [-0.1, -0.05) is 0 Å². The van der Waals surface area contributed by atoms with Crippen LogP contribution in [0, 0.1) is 5.92 Å². The first kappa shape index (κ1) is 9.86. The molecule has 0 radical (unpaired) electrons. The maximum absolute atomic E-state index is 10.1. The molecule has 0 bridgehead atoms. The van der Waals surface area contributed by atoms with E-state index < -0.39 is 24.0 Å². The Hall–Kier alpha value is -1.14. The molecule has 0 aliphatic rings. The minimum Gasteiger partial charge on any atom is -0.481 e. The van der Waals surface area contributed by atoms with Gasteiger partial charge in [0, 0.05) is 0 Å². The van der Waals surface area contributed by atoms with Crippen LogP contribution in [-0.4, -0.2) is 33.5 Å². The molecule has 0 aromatic carbocycles. The maximum Gasteiger partial charge on any atom is 0.337 e. The molecule has 64 valence electrons. The van der Waals surface area contributed by atoms with Crippen molar-refractivity contribution in [3.05, 3.63) is 0 Å². The first-order valence-electron chi connectivity index (χ1n) is 2.76. The zero-order chi connectivity index (χ0) is 9.02. The van der Waals surface area contributed by atoms with Gasteiger partial charge < -0.3 is 10.2 Å². The third-order valence-electron chi connectivity index (χ3n) is 1.20. The van der Waals surface area contributed by atoms with Crippen LogP contribution in [0.2, 0.25) is 0 Å². The standard InChI is InChI=1S/C5H8O6/c1-2(4(6)7)3(11-10)5(8)9/h2-3,10H,1H3,(H,6,7)(H,8,9). The highest BCUT2D eigenvalue weighted by Gasteiger charge is 2.31. The number of hydrogen-bond donors (Lipinski definition) is 3. The summed E-state index contributed by atoms with van der Waals surface area (Å²) < 4.78 is 0. The third kappa shape index (κ3) is 2.52. The molecule has 0 aromatic heterocycles. The molecule has 0 saturated carbocycles. The Morgan fingerprint density at radius 1 is 1.27 bits per heavy atom. The van der Waals surface area contributed by atoms with Crippen LogP contribution in [-0.2, 0) is 14.5 Å². The molecule has 0 amide bonds. The third-order valence-corrected chi connectivity index (χ3v) is 1.20. The quantitative estimate of drug-likeness (QED) is 0.387. The van der Waals surface area contributed by atoms with E-state index in [1.807, 2.05) is 0 Å². The van der Waals surface area contributed by atoms with Crippen molar-refractivity contribution in [3.63, 3.8) is 0 Å². The van der Waals surface area contributed by atoms with E-state index in [0.717, 1.165) is 6.92 Å². The lowest BCUT2D eigenvalue weighted by atomic mass is 10.1. The number of carbonyl (C=O) groups is 2. The summed E-state index contributed by atoms with van der Waals surface area (Å²) in [5, 5.41) is 24.5. The van der Waals surface area contributed by atoms with Crippen LogP contribution in [0.5, 0.6) is 0 Å². The topological polar surface area (TPSA) is 104 Å². The van der Waals surface area contributed by atoms with Gasteiger partial charge in [0.25, 0.3) is 0 Å². The Morgan fingerprint density at radius 3 is 1.82 bits per heavy atom. The van der Waals surface area contributed by atoms with Crippen LogP contribution in [0.4, 0.5) is 0 Å². The van der Waals surface area contributed by atoms with Gasteiger partial charge in [-0.25, -0.2) is 9.68 Å². The molecular weight excluding hydrogens is 156 g/mol. The maximum atomic E-state index is 10.1. The van der Waals surface area contributed by atoms with Gasteiger partial charge >= 0.3 is 11.9 Å². The lowest BCUT2D eigenvalue weighted by molar-refractivity contribution is -0.285. The highest BCUT2D eigenvalue weighted by atomic mass is 17.1. The normalized spacial score (nSPS) is 15.5. The number of aliphatic carboxylic acids is 2. The molecule has 0 saturated heterocycles. The zero-order valence-electron chi connectivity index (χ0n) is 5.72. The number of carboxylic acid groups (broad SMARTS) is 2. The Bertz CT molecular complexity index is 164. The second kappa shape index (κ2) is 3.89. The van der Waals surface area contributed by atoms with Crippen LogP contribution in [0.25, 0.3) is 0 Å². The van der Waals surface area contributed by atoms with Crippen molar-refractivity contribution in [2.24, 2.45) is 5.92 Å². The smallest absolute Gasteiger partial charge is 0.337 e. The van der Waals surface area contributed by atoms with Crippen molar-refractivity contribution in [1.29, 1.82) is 0 Å². The van der Waals surface area contributed by atoms with Crippen LogP contribution >= 0.6 is 0 Å². The monoisotopic (exact) mass is 164 g/mol. The van der Waals surface area contributed by atoms with Gasteiger partial charge in [0.1, 0.15) is 0 Å². The highest BCUT2D eigenvalue weighted by molar-refractivity contribution is 5.81. The number of hydrogen-bond acceptors (Lipinski definition) is 4. The minimum absolute atomic E-state index is 1.12. The molecule has 0 rings (SSSR count). The molecule has 0 aliphatic heterocycles. The van der Waals surface area contributed by atoms with Crippen molar-refractivity contribution in [3.8, 4) is 0 Å². The fourth-order valence-corrected chi connectivity index (χ4v) is 0.480.